The zero-order valence-corrected chi connectivity index (χ0v) is 13.8. The first-order chi connectivity index (χ1) is 11.0. The van der Waals surface area contributed by atoms with Gasteiger partial charge in [-0.05, 0) is 20.3 Å². The van der Waals surface area contributed by atoms with Crippen LogP contribution in [-0.2, 0) is 4.79 Å². The van der Waals surface area contributed by atoms with Crippen molar-refractivity contribution in [3.63, 3.8) is 0 Å². The number of fused-ring (bicyclic) bond motifs is 1. The summed E-state index contributed by atoms with van der Waals surface area (Å²) in [5, 5.41) is 10.6. The molecule has 0 saturated carbocycles. The zero-order valence-electron chi connectivity index (χ0n) is 13.0. The topological polar surface area (TPSA) is 66.8 Å². The number of aliphatic hydroxyl groups excluding tert-OH is 1. The van der Waals surface area contributed by atoms with Crippen LogP contribution in [0, 0.1) is 0 Å². The SMILES string of the molecule is CC1(C)Oc2cc(C(=O)C(F)(F)F)sc2[C@@H](N2CCCC2=O)[C@@H]1O. The smallest absolute Gasteiger partial charge is 0.455 e. The summed E-state index contributed by atoms with van der Waals surface area (Å²) in [4.78, 5) is 24.8. The van der Waals surface area contributed by atoms with Crippen molar-refractivity contribution in [2.45, 2.75) is 50.6 Å². The predicted octanol–water partition coefficient (Wildman–Crippen LogP) is 2.69. The number of carbonyl (C=O) groups excluding carboxylic acids is 2. The third kappa shape index (κ3) is 2.69. The molecule has 3 rings (SSSR count). The molecule has 24 heavy (non-hydrogen) atoms. The number of carbonyl (C=O) groups is 2. The van der Waals surface area contributed by atoms with Crippen LogP contribution in [0.3, 0.4) is 0 Å². The highest BCUT2D eigenvalue weighted by Crippen LogP contribution is 2.48. The lowest BCUT2D eigenvalue weighted by atomic mass is 9.90. The van der Waals surface area contributed by atoms with Gasteiger partial charge in [-0.25, -0.2) is 0 Å². The normalized spacial score (nSPS) is 26.2. The number of hydrogen-bond donors (Lipinski definition) is 1. The molecule has 2 aliphatic rings. The maximum Gasteiger partial charge on any atom is 0.455 e. The molecule has 1 amide bonds. The highest BCUT2D eigenvalue weighted by atomic mass is 32.1. The molecule has 1 aromatic heterocycles. The standard InChI is InChI=1S/C15H16F3NO4S/c1-14(2)13(22)10(19-5-3-4-9(19)20)11-7(23-14)6-8(24-11)12(21)15(16,17)18/h6,10,13,22H,3-5H2,1-2H3/t10-,13+/m1/s1. The minimum atomic E-state index is -4.99. The van der Waals surface area contributed by atoms with Crippen LogP contribution >= 0.6 is 11.3 Å². The molecular formula is C15H16F3NO4S. The van der Waals surface area contributed by atoms with E-state index in [1.165, 1.54) is 4.90 Å². The molecule has 3 heterocycles. The molecule has 0 unspecified atom stereocenters. The average molecular weight is 363 g/mol. The maximum absolute atomic E-state index is 12.7. The summed E-state index contributed by atoms with van der Waals surface area (Å²) in [6.07, 6.45) is -5.14. The fraction of sp³-hybridized carbons (Fsp3) is 0.600. The number of ether oxygens (including phenoxy) is 1. The second-order valence-corrected chi connectivity index (χ2v) is 7.54. The van der Waals surface area contributed by atoms with Gasteiger partial charge >= 0.3 is 6.18 Å². The number of nitrogens with zero attached hydrogens (tertiary/aromatic N) is 1. The highest BCUT2D eigenvalue weighted by molar-refractivity contribution is 7.14. The Balaban J connectivity index is 2.07. The van der Waals surface area contributed by atoms with Crippen LogP contribution in [0.25, 0.3) is 0 Å². The summed E-state index contributed by atoms with van der Waals surface area (Å²) in [6, 6.07) is 0.246. The Morgan fingerprint density at radius 3 is 2.67 bits per heavy atom. The molecule has 9 heteroatoms. The summed E-state index contributed by atoms with van der Waals surface area (Å²) in [7, 11) is 0. The second kappa shape index (κ2) is 5.45. The molecule has 0 aromatic carbocycles. The van der Waals surface area contributed by atoms with Gasteiger partial charge in [-0.2, -0.15) is 13.2 Å². The van der Waals surface area contributed by atoms with Gasteiger partial charge in [0.15, 0.2) is 0 Å². The molecule has 0 spiro atoms. The lowest BCUT2D eigenvalue weighted by Crippen LogP contribution is -2.53. The number of amides is 1. The van der Waals surface area contributed by atoms with E-state index in [1.54, 1.807) is 13.8 Å². The molecule has 1 saturated heterocycles. The van der Waals surface area contributed by atoms with Crippen molar-refractivity contribution in [2.75, 3.05) is 6.54 Å². The Kier molecular flexibility index (Phi) is 3.91. The summed E-state index contributed by atoms with van der Waals surface area (Å²) >= 11 is 0.623. The number of Topliss-reactive ketones (excluding diaryl/α,β-unsaturated/α-hetero) is 1. The fourth-order valence-corrected chi connectivity index (χ4v) is 4.26. The van der Waals surface area contributed by atoms with Crippen molar-refractivity contribution in [1.82, 2.24) is 4.90 Å². The van der Waals surface area contributed by atoms with E-state index in [0.29, 0.717) is 30.7 Å². The van der Waals surface area contributed by atoms with Gasteiger partial charge in [0.05, 0.1) is 15.8 Å². The van der Waals surface area contributed by atoms with Crippen molar-refractivity contribution in [1.29, 1.82) is 0 Å². The molecular weight excluding hydrogens is 347 g/mol. The van der Waals surface area contributed by atoms with E-state index in [2.05, 4.69) is 0 Å². The van der Waals surface area contributed by atoms with Crippen molar-refractivity contribution >= 4 is 23.0 Å². The number of ketones is 1. The van der Waals surface area contributed by atoms with E-state index in [9.17, 15) is 27.9 Å². The van der Waals surface area contributed by atoms with Gasteiger partial charge < -0.3 is 14.7 Å². The molecule has 5 nitrogen and oxygen atoms in total. The number of thiophene rings is 1. The lowest BCUT2D eigenvalue weighted by Gasteiger charge is -2.43. The van der Waals surface area contributed by atoms with Gasteiger partial charge in [0.25, 0.3) is 5.78 Å². The van der Waals surface area contributed by atoms with Gasteiger partial charge in [0.2, 0.25) is 5.91 Å². The number of likely N-dealkylation sites (tertiary alicyclic amines) is 1. The first kappa shape index (κ1) is 17.2. The quantitative estimate of drug-likeness (QED) is 0.821. The van der Waals surface area contributed by atoms with Crippen LogP contribution in [-0.4, -0.2) is 46.1 Å². The molecule has 0 aliphatic carbocycles. The van der Waals surface area contributed by atoms with Gasteiger partial charge in [-0.3, -0.25) is 9.59 Å². The van der Waals surface area contributed by atoms with E-state index in [-0.39, 0.29) is 16.5 Å². The average Bonchev–Trinajstić information content (AvgIpc) is 3.04. The summed E-state index contributed by atoms with van der Waals surface area (Å²) in [6.45, 7) is 3.60. The fourth-order valence-electron chi connectivity index (χ4n) is 3.07. The van der Waals surface area contributed by atoms with Gasteiger partial charge in [-0.1, -0.05) is 0 Å². The Hall–Kier alpha value is -1.61. The molecule has 2 atom stereocenters. The summed E-state index contributed by atoms with van der Waals surface area (Å²) in [5.74, 6) is -2.00. The van der Waals surface area contributed by atoms with E-state index in [0.717, 1.165) is 6.07 Å². The van der Waals surface area contributed by atoms with Gasteiger partial charge in [0, 0.05) is 19.0 Å². The number of rotatable bonds is 2. The molecule has 132 valence electrons. The molecule has 1 aromatic rings. The number of halogens is 3. The second-order valence-electron chi connectivity index (χ2n) is 6.45. The van der Waals surface area contributed by atoms with Crippen LogP contribution in [0.15, 0.2) is 6.07 Å². The van der Waals surface area contributed by atoms with Crippen molar-refractivity contribution < 1.29 is 32.6 Å². The maximum atomic E-state index is 12.7. The van der Waals surface area contributed by atoms with Crippen LogP contribution in [0.4, 0.5) is 13.2 Å². The summed E-state index contributed by atoms with van der Waals surface area (Å²) in [5.41, 5.74) is -1.10. The number of hydrogen-bond acceptors (Lipinski definition) is 5. The Labute approximate surface area is 140 Å². The van der Waals surface area contributed by atoms with E-state index in [1.807, 2.05) is 0 Å². The number of aliphatic hydroxyl groups is 1. The Bertz CT molecular complexity index is 697. The minimum Gasteiger partial charge on any atom is -0.484 e. The van der Waals surface area contributed by atoms with Crippen LogP contribution < -0.4 is 4.74 Å². The largest absolute Gasteiger partial charge is 0.484 e. The van der Waals surface area contributed by atoms with E-state index >= 15 is 0 Å². The highest BCUT2D eigenvalue weighted by Gasteiger charge is 2.50. The van der Waals surface area contributed by atoms with E-state index < -0.39 is 34.6 Å². The van der Waals surface area contributed by atoms with Gasteiger partial charge in [-0.15, -0.1) is 11.3 Å². The Morgan fingerprint density at radius 1 is 1.46 bits per heavy atom. The monoisotopic (exact) mass is 363 g/mol. The molecule has 0 radical (unpaired) electrons. The van der Waals surface area contributed by atoms with Crippen molar-refractivity contribution in [3.8, 4) is 5.75 Å². The third-order valence-corrected chi connectivity index (χ3v) is 5.49. The molecule has 1 fully saturated rings. The van der Waals surface area contributed by atoms with E-state index in [4.69, 9.17) is 4.74 Å². The lowest BCUT2D eigenvalue weighted by molar-refractivity contribution is -0.139. The molecule has 0 bridgehead atoms. The predicted molar refractivity (Wildman–Crippen MR) is 79.1 cm³/mol. The van der Waals surface area contributed by atoms with Gasteiger partial charge in [0.1, 0.15) is 17.5 Å². The van der Waals surface area contributed by atoms with Crippen LogP contribution in [0.2, 0.25) is 0 Å². The first-order valence-electron chi connectivity index (χ1n) is 7.44. The van der Waals surface area contributed by atoms with Crippen molar-refractivity contribution in [3.05, 3.63) is 15.8 Å². The van der Waals surface area contributed by atoms with Crippen LogP contribution in [0.5, 0.6) is 5.75 Å². The zero-order chi connectivity index (χ0) is 17.9. The minimum absolute atomic E-state index is 0.118. The molecule has 2 aliphatic heterocycles. The molecule has 1 N–H and O–H groups in total. The van der Waals surface area contributed by atoms with Crippen LogP contribution in [0.1, 0.15) is 47.3 Å². The third-order valence-electron chi connectivity index (χ3n) is 4.30. The van der Waals surface area contributed by atoms with Crippen molar-refractivity contribution in [2.24, 2.45) is 0 Å². The first-order valence-corrected chi connectivity index (χ1v) is 8.26. The number of alkyl halides is 3. The summed E-state index contributed by atoms with van der Waals surface area (Å²) < 4.78 is 43.7. The Morgan fingerprint density at radius 2 is 2.12 bits per heavy atom.